The molecule has 3 rings (SSSR count). The number of carbonyl (C=O) groups is 1. The summed E-state index contributed by atoms with van der Waals surface area (Å²) in [5.41, 5.74) is 3.66. The number of nitrogens with one attached hydrogen (secondary N) is 1. The van der Waals surface area contributed by atoms with Crippen LogP contribution in [0.25, 0.3) is 16.8 Å². The zero-order chi connectivity index (χ0) is 20.8. The first-order valence-electron chi connectivity index (χ1n) is 9.68. The van der Waals surface area contributed by atoms with Gasteiger partial charge in [0, 0.05) is 11.3 Å². The summed E-state index contributed by atoms with van der Waals surface area (Å²) in [5, 5.41) is 14.4. The predicted molar refractivity (Wildman–Crippen MR) is 118 cm³/mol. The van der Waals surface area contributed by atoms with E-state index in [9.17, 15) is 10.1 Å². The lowest BCUT2D eigenvalue weighted by Crippen LogP contribution is -2.13. The van der Waals surface area contributed by atoms with E-state index in [1.807, 2.05) is 81.4 Å². The molecule has 4 heteroatoms. The lowest BCUT2D eigenvalue weighted by atomic mass is 10.0. The summed E-state index contributed by atoms with van der Waals surface area (Å²) in [6.07, 6.45) is 2.48. The number of ether oxygens (including phenoxy) is 1. The van der Waals surface area contributed by atoms with E-state index >= 15 is 0 Å². The highest BCUT2D eigenvalue weighted by atomic mass is 16.5. The van der Waals surface area contributed by atoms with Crippen LogP contribution in [0.5, 0.6) is 5.75 Å². The van der Waals surface area contributed by atoms with Crippen molar-refractivity contribution >= 4 is 28.4 Å². The maximum absolute atomic E-state index is 12.8. The Morgan fingerprint density at radius 3 is 2.62 bits per heavy atom. The first kappa shape index (κ1) is 20.2. The molecule has 0 aliphatic rings. The van der Waals surface area contributed by atoms with Crippen molar-refractivity contribution in [3.63, 3.8) is 0 Å². The number of amides is 1. The van der Waals surface area contributed by atoms with E-state index in [0.717, 1.165) is 33.9 Å². The molecule has 4 nitrogen and oxygen atoms in total. The molecule has 1 amide bonds. The van der Waals surface area contributed by atoms with Crippen molar-refractivity contribution in [3.8, 4) is 11.8 Å². The number of nitrogens with zero attached hydrogens (tertiary/aromatic N) is 1. The summed E-state index contributed by atoms with van der Waals surface area (Å²) < 4.78 is 5.88. The molecule has 0 fully saturated rings. The Bertz CT molecular complexity index is 1120. The number of hydrogen-bond donors (Lipinski definition) is 1. The second-order valence-corrected chi connectivity index (χ2v) is 6.97. The van der Waals surface area contributed by atoms with Gasteiger partial charge in [-0.3, -0.25) is 4.79 Å². The second-order valence-electron chi connectivity index (χ2n) is 6.97. The highest BCUT2D eigenvalue weighted by molar-refractivity contribution is 6.11. The third-order valence-electron chi connectivity index (χ3n) is 4.81. The maximum Gasteiger partial charge on any atom is 0.266 e. The van der Waals surface area contributed by atoms with Crippen LogP contribution < -0.4 is 10.1 Å². The van der Waals surface area contributed by atoms with Crippen molar-refractivity contribution < 1.29 is 9.53 Å². The molecule has 0 saturated heterocycles. The predicted octanol–water partition coefficient (Wildman–Crippen LogP) is 5.79. The lowest BCUT2D eigenvalue weighted by Gasteiger charge is -2.12. The highest BCUT2D eigenvalue weighted by Gasteiger charge is 2.14. The summed E-state index contributed by atoms with van der Waals surface area (Å²) in [5.74, 6) is 0.224. The van der Waals surface area contributed by atoms with Gasteiger partial charge in [0.25, 0.3) is 5.91 Å². The van der Waals surface area contributed by atoms with Gasteiger partial charge >= 0.3 is 0 Å². The number of hydrogen-bond acceptors (Lipinski definition) is 3. The Hall–Kier alpha value is -3.58. The van der Waals surface area contributed by atoms with Gasteiger partial charge in [-0.15, -0.1) is 0 Å². The van der Waals surface area contributed by atoms with E-state index in [1.54, 1.807) is 6.08 Å². The van der Waals surface area contributed by atoms with Gasteiger partial charge in [-0.05, 0) is 66.4 Å². The van der Waals surface area contributed by atoms with Gasteiger partial charge in [0.1, 0.15) is 17.4 Å². The minimum Gasteiger partial charge on any atom is -0.493 e. The number of benzene rings is 3. The first-order valence-corrected chi connectivity index (χ1v) is 9.68. The van der Waals surface area contributed by atoms with Crippen LogP contribution in [0.3, 0.4) is 0 Å². The Morgan fingerprint density at radius 2 is 1.90 bits per heavy atom. The normalized spacial score (nSPS) is 11.2. The van der Waals surface area contributed by atoms with E-state index in [1.165, 1.54) is 0 Å². The van der Waals surface area contributed by atoms with Crippen LogP contribution >= 0.6 is 0 Å². The van der Waals surface area contributed by atoms with Gasteiger partial charge in [0.2, 0.25) is 0 Å². The molecular formula is C25H24N2O2. The van der Waals surface area contributed by atoms with Gasteiger partial charge in [0.05, 0.1) is 6.61 Å². The van der Waals surface area contributed by atoms with E-state index < -0.39 is 5.91 Å². The minimum absolute atomic E-state index is 0.0286. The van der Waals surface area contributed by atoms with Crippen LogP contribution in [-0.2, 0) is 4.79 Å². The number of carbonyl (C=O) groups excluding carboxylic acids is 1. The van der Waals surface area contributed by atoms with Crippen molar-refractivity contribution in [1.29, 1.82) is 5.26 Å². The van der Waals surface area contributed by atoms with E-state index in [2.05, 4.69) is 5.32 Å². The second kappa shape index (κ2) is 9.07. The number of aryl methyl sites for hydroxylation is 2. The minimum atomic E-state index is -0.440. The number of nitriles is 1. The fourth-order valence-corrected chi connectivity index (χ4v) is 3.07. The van der Waals surface area contributed by atoms with E-state index in [0.29, 0.717) is 18.0 Å². The van der Waals surface area contributed by atoms with Gasteiger partial charge in [-0.25, -0.2) is 0 Å². The zero-order valence-electron chi connectivity index (χ0n) is 17.0. The Balaban J connectivity index is 2.01. The smallest absolute Gasteiger partial charge is 0.266 e. The van der Waals surface area contributed by atoms with Crippen molar-refractivity contribution in [2.24, 2.45) is 0 Å². The highest BCUT2D eigenvalue weighted by Crippen LogP contribution is 2.30. The Labute approximate surface area is 171 Å². The van der Waals surface area contributed by atoms with Gasteiger partial charge < -0.3 is 10.1 Å². The largest absolute Gasteiger partial charge is 0.493 e. The van der Waals surface area contributed by atoms with Crippen molar-refractivity contribution in [2.75, 3.05) is 11.9 Å². The molecule has 3 aromatic rings. The molecule has 0 radical (unpaired) electrons. The molecule has 0 unspecified atom stereocenters. The molecule has 0 atom stereocenters. The fourth-order valence-electron chi connectivity index (χ4n) is 3.07. The average molecular weight is 384 g/mol. The van der Waals surface area contributed by atoms with Crippen molar-refractivity contribution in [1.82, 2.24) is 0 Å². The molecule has 0 heterocycles. The molecule has 0 spiro atoms. The Morgan fingerprint density at radius 1 is 1.10 bits per heavy atom. The third kappa shape index (κ3) is 4.64. The van der Waals surface area contributed by atoms with Crippen LogP contribution in [0, 0.1) is 25.2 Å². The molecule has 146 valence electrons. The van der Waals surface area contributed by atoms with Crippen LogP contribution in [0.4, 0.5) is 5.69 Å². The first-order chi connectivity index (χ1) is 14.0. The summed E-state index contributed by atoms with van der Waals surface area (Å²) in [4.78, 5) is 12.8. The van der Waals surface area contributed by atoms with Gasteiger partial charge in [0.15, 0.2) is 0 Å². The number of anilines is 1. The van der Waals surface area contributed by atoms with Crippen molar-refractivity contribution in [3.05, 3.63) is 76.9 Å². The summed E-state index contributed by atoms with van der Waals surface area (Å²) >= 11 is 0. The van der Waals surface area contributed by atoms with Gasteiger partial charge in [-0.1, -0.05) is 43.3 Å². The van der Waals surface area contributed by atoms with Gasteiger partial charge in [-0.2, -0.15) is 5.26 Å². The molecule has 0 aliphatic heterocycles. The zero-order valence-corrected chi connectivity index (χ0v) is 17.0. The average Bonchev–Trinajstić information content (AvgIpc) is 2.73. The number of fused-ring (bicyclic) bond motifs is 1. The van der Waals surface area contributed by atoms with Crippen LogP contribution in [0.1, 0.15) is 30.0 Å². The fraction of sp³-hybridized carbons (Fsp3) is 0.200. The molecule has 0 aliphatic carbocycles. The molecule has 29 heavy (non-hydrogen) atoms. The topological polar surface area (TPSA) is 62.1 Å². The monoisotopic (exact) mass is 384 g/mol. The summed E-state index contributed by atoms with van der Waals surface area (Å²) in [6.45, 7) is 6.60. The quantitative estimate of drug-likeness (QED) is 0.432. The molecule has 3 aromatic carbocycles. The van der Waals surface area contributed by atoms with Crippen LogP contribution in [0.15, 0.2) is 60.2 Å². The van der Waals surface area contributed by atoms with Crippen LogP contribution in [-0.4, -0.2) is 12.5 Å². The van der Waals surface area contributed by atoms with Crippen molar-refractivity contribution in [2.45, 2.75) is 27.2 Å². The molecule has 1 N–H and O–H groups in total. The number of rotatable bonds is 6. The lowest BCUT2D eigenvalue weighted by molar-refractivity contribution is -0.112. The molecule has 0 aromatic heterocycles. The van der Waals surface area contributed by atoms with Crippen LogP contribution in [0.2, 0.25) is 0 Å². The maximum atomic E-state index is 12.8. The molecular weight excluding hydrogens is 360 g/mol. The molecule has 0 saturated carbocycles. The van der Waals surface area contributed by atoms with E-state index in [4.69, 9.17) is 4.74 Å². The standard InChI is InChI=1S/C25H24N2O2/c1-4-13-29-24-12-10-19-7-5-6-8-22(19)23(24)15-20(16-26)25(28)27-21-11-9-17(2)18(3)14-21/h5-12,14-15H,4,13H2,1-3H3,(H,27,28)/b20-15+. The Kier molecular flexibility index (Phi) is 6.31. The third-order valence-corrected chi connectivity index (χ3v) is 4.81. The molecule has 0 bridgehead atoms. The summed E-state index contributed by atoms with van der Waals surface area (Å²) in [7, 11) is 0. The summed E-state index contributed by atoms with van der Waals surface area (Å²) in [6, 6.07) is 19.5. The SMILES string of the molecule is CCCOc1ccc2ccccc2c1/C=C(\C#N)C(=O)Nc1ccc(C)c(C)c1. The van der Waals surface area contributed by atoms with E-state index in [-0.39, 0.29) is 5.57 Å².